The van der Waals surface area contributed by atoms with E-state index in [0.29, 0.717) is 11.4 Å². The average molecular weight is 459 g/mol. The summed E-state index contributed by atoms with van der Waals surface area (Å²) in [6, 6.07) is 14.0. The highest BCUT2D eigenvalue weighted by Crippen LogP contribution is 2.39. The number of benzene rings is 2. The summed E-state index contributed by atoms with van der Waals surface area (Å²) < 4.78 is 17.2. The van der Waals surface area contributed by atoms with Gasteiger partial charge in [0.2, 0.25) is 5.91 Å². The lowest BCUT2D eigenvalue weighted by Gasteiger charge is -2.33. The Bertz CT molecular complexity index is 1210. The number of aromatic nitrogens is 2. The molecule has 1 heterocycles. The van der Waals surface area contributed by atoms with Gasteiger partial charge in [-0.25, -0.2) is 9.37 Å². The predicted molar refractivity (Wildman–Crippen MR) is 130 cm³/mol. The van der Waals surface area contributed by atoms with E-state index in [1.807, 2.05) is 34.9 Å². The van der Waals surface area contributed by atoms with Crippen LogP contribution in [0.1, 0.15) is 75.8 Å². The Hall–Kier alpha value is -3.20. The summed E-state index contributed by atoms with van der Waals surface area (Å²) in [7, 11) is 0. The highest BCUT2D eigenvalue weighted by Gasteiger charge is 2.35. The van der Waals surface area contributed by atoms with Crippen LogP contribution >= 0.6 is 0 Å². The Balaban J connectivity index is 1.64. The van der Waals surface area contributed by atoms with E-state index in [9.17, 15) is 10.1 Å². The maximum absolute atomic E-state index is 15.2. The van der Waals surface area contributed by atoms with E-state index in [4.69, 9.17) is 4.98 Å². The average Bonchev–Trinajstić information content (AvgIpc) is 3.24. The number of nitrogens with one attached hydrogen (secondary N) is 1. The van der Waals surface area contributed by atoms with E-state index in [-0.39, 0.29) is 23.4 Å². The second-order valence-corrected chi connectivity index (χ2v) is 9.79. The van der Waals surface area contributed by atoms with Gasteiger partial charge in [-0.2, -0.15) is 5.26 Å². The lowest BCUT2D eigenvalue weighted by atomic mass is 9.82. The summed E-state index contributed by atoms with van der Waals surface area (Å²) >= 11 is 0. The van der Waals surface area contributed by atoms with Gasteiger partial charge in [-0.3, -0.25) is 4.79 Å². The first kappa shape index (κ1) is 22.6. The number of hydrogen-bond acceptors (Lipinski definition) is 3. The molecule has 2 saturated carbocycles. The molecule has 1 N–H and O–H groups in total. The molecule has 1 atom stereocenters. The zero-order valence-electron chi connectivity index (χ0n) is 19.5. The number of imidazole rings is 1. The van der Waals surface area contributed by atoms with Gasteiger partial charge in [-0.05, 0) is 61.9 Å². The lowest BCUT2D eigenvalue weighted by molar-refractivity contribution is -0.127. The van der Waals surface area contributed by atoms with E-state index in [0.717, 1.165) is 62.4 Å². The van der Waals surface area contributed by atoms with Gasteiger partial charge in [0.1, 0.15) is 17.7 Å². The Morgan fingerprint density at radius 3 is 2.44 bits per heavy atom. The van der Waals surface area contributed by atoms with Gasteiger partial charge in [-0.1, -0.05) is 50.7 Å². The molecule has 2 aromatic carbocycles. The van der Waals surface area contributed by atoms with Gasteiger partial charge in [0.25, 0.3) is 0 Å². The Morgan fingerprint density at radius 2 is 1.74 bits per heavy atom. The second-order valence-electron chi connectivity index (χ2n) is 9.79. The molecular formula is C28H31FN4O. The molecule has 6 heteroatoms. The van der Waals surface area contributed by atoms with Gasteiger partial charge >= 0.3 is 0 Å². The zero-order chi connectivity index (χ0) is 23.5. The fourth-order valence-electron chi connectivity index (χ4n) is 5.81. The fraction of sp³-hybridized carbons (Fsp3) is 0.464. The number of amides is 1. The Morgan fingerprint density at radius 1 is 1.03 bits per heavy atom. The lowest BCUT2D eigenvalue weighted by Crippen LogP contribution is -2.43. The Kier molecular flexibility index (Phi) is 6.62. The first-order chi connectivity index (χ1) is 16.7. The molecule has 0 saturated heterocycles. The van der Waals surface area contributed by atoms with Crippen LogP contribution in [0.3, 0.4) is 0 Å². The summed E-state index contributed by atoms with van der Waals surface area (Å²) in [6.45, 7) is 0. The second kappa shape index (κ2) is 9.97. The number of hydrogen-bond donors (Lipinski definition) is 1. The third-order valence-electron chi connectivity index (χ3n) is 7.53. The third kappa shape index (κ3) is 4.44. The molecule has 5 rings (SSSR count). The van der Waals surface area contributed by atoms with Gasteiger partial charge in [0.05, 0.1) is 28.2 Å². The monoisotopic (exact) mass is 458 g/mol. The van der Waals surface area contributed by atoms with Gasteiger partial charge in [0, 0.05) is 6.04 Å². The van der Waals surface area contributed by atoms with Crippen LogP contribution in [-0.2, 0) is 4.79 Å². The molecule has 0 spiro atoms. The molecule has 34 heavy (non-hydrogen) atoms. The minimum atomic E-state index is -0.495. The van der Waals surface area contributed by atoms with Crippen molar-refractivity contribution in [3.8, 4) is 17.5 Å². The van der Waals surface area contributed by atoms with E-state index >= 15 is 4.39 Å². The van der Waals surface area contributed by atoms with Crippen LogP contribution < -0.4 is 5.32 Å². The van der Waals surface area contributed by atoms with Gasteiger partial charge in [0.15, 0.2) is 0 Å². The van der Waals surface area contributed by atoms with Gasteiger partial charge in [-0.15, -0.1) is 0 Å². The van der Waals surface area contributed by atoms with Crippen molar-refractivity contribution < 1.29 is 9.18 Å². The number of fused-ring (bicyclic) bond motifs is 1. The molecule has 3 aromatic rings. The molecule has 176 valence electrons. The van der Waals surface area contributed by atoms with E-state index < -0.39 is 11.9 Å². The summed E-state index contributed by atoms with van der Waals surface area (Å²) in [6.07, 6.45) is 10.9. The maximum Gasteiger partial charge on any atom is 0.243 e. The smallest absolute Gasteiger partial charge is 0.243 e. The van der Waals surface area contributed by atoms with Crippen molar-refractivity contribution in [1.29, 1.82) is 5.26 Å². The number of nitrogens with zero attached hydrogens (tertiary/aromatic N) is 3. The minimum Gasteiger partial charge on any atom is -0.352 e. The van der Waals surface area contributed by atoms with Crippen LogP contribution in [0.25, 0.3) is 22.4 Å². The first-order valence-corrected chi connectivity index (χ1v) is 12.6. The number of carbonyl (C=O) groups excluding carboxylic acids is 1. The molecule has 2 fully saturated rings. The van der Waals surface area contributed by atoms with Crippen LogP contribution in [0.2, 0.25) is 0 Å². The quantitative estimate of drug-likeness (QED) is 0.489. The highest BCUT2D eigenvalue weighted by atomic mass is 19.1. The van der Waals surface area contributed by atoms with E-state index in [1.54, 1.807) is 12.1 Å². The van der Waals surface area contributed by atoms with Crippen LogP contribution in [0, 0.1) is 23.1 Å². The van der Waals surface area contributed by atoms with Crippen molar-refractivity contribution >= 4 is 16.9 Å². The SMILES string of the molecule is N#Cc1ccc(-c2nc3ccccc3n2C(C(=O)NC2CCCCC2)C2CCCCC2)c(F)c1. The summed E-state index contributed by atoms with van der Waals surface area (Å²) in [5, 5.41) is 12.5. The fourth-order valence-corrected chi connectivity index (χ4v) is 5.81. The molecule has 2 aliphatic carbocycles. The summed E-state index contributed by atoms with van der Waals surface area (Å²) in [4.78, 5) is 18.7. The molecule has 0 bridgehead atoms. The van der Waals surface area contributed by atoms with Crippen LogP contribution in [0.4, 0.5) is 4.39 Å². The number of halogens is 1. The molecule has 0 aliphatic heterocycles. The minimum absolute atomic E-state index is 0.0252. The van der Waals surface area contributed by atoms with Crippen molar-refractivity contribution in [2.24, 2.45) is 5.92 Å². The van der Waals surface area contributed by atoms with Crippen molar-refractivity contribution in [2.45, 2.75) is 76.3 Å². The standard InChI is InChI=1S/C28H31FN4O/c29-23-17-19(18-30)15-16-22(23)27-32-24-13-7-8-14-25(24)33(27)26(20-9-3-1-4-10-20)28(34)31-21-11-5-2-6-12-21/h7-8,13-17,20-21,26H,1-6,9-12H2,(H,31,34). The molecular weight excluding hydrogens is 427 g/mol. The summed E-state index contributed by atoms with van der Waals surface area (Å²) in [5.41, 5.74) is 2.17. The number of carbonyl (C=O) groups is 1. The number of rotatable bonds is 5. The molecule has 2 aliphatic rings. The topological polar surface area (TPSA) is 70.7 Å². The van der Waals surface area contributed by atoms with Crippen LogP contribution in [0.15, 0.2) is 42.5 Å². The molecule has 1 aromatic heterocycles. The predicted octanol–water partition coefficient (Wildman–Crippen LogP) is 6.28. The van der Waals surface area contributed by atoms with Crippen molar-refractivity contribution in [2.75, 3.05) is 0 Å². The largest absolute Gasteiger partial charge is 0.352 e. The highest BCUT2D eigenvalue weighted by molar-refractivity contribution is 5.87. The number of para-hydroxylation sites is 2. The van der Waals surface area contributed by atoms with Crippen molar-refractivity contribution in [1.82, 2.24) is 14.9 Å². The summed E-state index contributed by atoms with van der Waals surface area (Å²) in [5.74, 6) is 0.163. The Labute approximate surface area is 200 Å². The molecule has 1 unspecified atom stereocenters. The first-order valence-electron chi connectivity index (χ1n) is 12.6. The van der Waals surface area contributed by atoms with Gasteiger partial charge < -0.3 is 9.88 Å². The maximum atomic E-state index is 15.2. The van der Waals surface area contributed by atoms with E-state index in [2.05, 4.69) is 5.32 Å². The normalized spacial score (nSPS) is 18.5. The molecule has 0 radical (unpaired) electrons. The van der Waals surface area contributed by atoms with Crippen molar-refractivity contribution in [3.05, 3.63) is 53.8 Å². The third-order valence-corrected chi connectivity index (χ3v) is 7.53. The van der Waals surface area contributed by atoms with Crippen LogP contribution in [0.5, 0.6) is 0 Å². The molecule has 5 nitrogen and oxygen atoms in total. The van der Waals surface area contributed by atoms with Crippen LogP contribution in [-0.4, -0.2) is 21.5 Å². The van der Waals surface area contributed by atoms with E-state index in [1.165, 1.54) is 18.9 Å². The number of nitriles is 1. The molecule has 1 amide bonds. The zero-order valence-corrected chi connectivity index (χ0v) is 19.5. The van der Waals surface area contributed by atoms with Crippen molar-refractivity contribution in [3.63, 3.8) is 0 Å².